The summed E-state index contributed by atoms with van der Waals surface area (Å²) in [5.74, 6) is 0.942. The molecule has 2 N–H and O–H groups in total. The smallest absolute Gasteiger partial charge is 0.262 e. The Morgan fingerprint density at radius 1 is 1.38 bits per heavy atom. The molecule has 6 nitrogen and oxygen atoms in total. The second-order valence-corrected chi connectivity index (χ2v) is 6.53. The first-order valence-corrected chi connectivity index (χ1v) is 7.03. The predicted octanol–water partition coefficient (Wildman–Crippen LogP) is 3.38. The maximum absolute atomic E-state index is 12.4. The SMILES string of the molecule is Cc1noc(C(C)C)c1C(=O)Nc1cc(C(C)(C)C)[nH]n1. The molecule has 0 saturated carbocycles. The van der Waals surface area contributed by atoms with Gasteiger partial charge < -0.3 is 9.84 Å². The van der Waals surface area contributed by atoms with Crippen molar-refractivity contribution in [2.75, 3.05) is 5.32 Å². The highest BCUT2D eigenvalue weighted by Gasteiger charge is 2.24. The van der Waals surface area contributed by atoms with Crippen LogP contribution in [0.1, 0.15) is 68.0 Å². The number of aromatic amines is 1. The number of aryl methyl sites for hydroxylation is 1. The van der Waals surface area contributed by atoms with Crippen LogP contribution >= 0.6 is 0 Å². The monoisotopic (exact) mass is 290 g/mol. The number of carbonyl (C=O) groups is 1. The van der Waals surface area contributed by atoms with Crippen LogP contribution in [0.25, 0.3) is 0 Å². The number of nitrogens with one attached hydrogen (secondary N) is 2. The van der Waals surface area contributed by atoms with Crippen molar-refractivity contribution in [3.63, 3.8) is 0 Å². The number of hydrogen-bond acceptors (Lipinski definition) is 4. The van der Waals surface area contributed by atoms with Gasteiger partial charge in [0.2, 0.25) is 0 Å². The third-order valence-electron chi connectivity index (χ3n) is 3.27. The van der Waals surface area contributed by atoms with Crippen LogP contribution in [0.3, 0.4) is 0 Å². The average molecular weight is 290 g/mol. The van der Waals surface area contributed by atoms with Crippen molar-refractivity contribution in [1.82, 2.24) is 15.4 Å². The van der Waals surface area contributed by atoms with Gasteiger partial charge in [0.25, 0.3) is 5.91 Å². The van der Waals surface area contributed by atoms with Crippen LogP contribution in [-0.4, -0.2) is 21.3 Å². The van der Waals surface area contributed by atoms with Crippen LogP contribution in [0.2, 0.25) is 0 Å². The maximum atomic E-state index is 12.4. The lowest BCUT2D eigenvalue weighted by molar-refractivity contribution is 0.102. The van der Waals surface area contributed by atoms with Gasteiger partial charge in [0.1, 0.15) is 5.56 Å². The molecular formula is C15H22N4O2. The van der Waals surface area contributed by atoms with Crippen molar-refractivity contribution in [1.29, 1.82) is 0 Å². The molecule has 1 amide bonds. The van der Waals surface area contributed by atoms with Crippen LogP contribution < -0.4 is 5.32 Å². The zero-order valence-electron chi connectivity index (χ0n) is 13.4. The molecule has 2 aromatic heterocycles. The molecule has 0 atom stereocenters. The number of anilines is 1. The van der Waals surface area contributed by atoms with Crippen molar-refractivity contribution in [3.8, 4) is 0 Å². The van der Waals surface area contributed by atoms with Gasteiger partial charge in [-0.2, -0.15) is 5.10 Å². The van der Waals surface area contributed by atoms with Crippen molar-refractivity contribution < 1.29 is 9.32 Å². The summed E-state index contributed by atoms with van der Waals surface area (Å²) >= 11 is 0. The Bertz CT molecular complexity index is 647. The fourth-order valence-electron chi connectivity index (χ4n) is 2.01. The van der Waals surface area contributed by atoms with E-state index in [0.29, 0.717) is 22.8 Å². The Morgan fingerprint density at radius 2 is 2.05 bits per heavy atom. The second-order valence-electron chi connectivity index (χ2n) is 6.53. The van der Waals surface area contributed by atoms with Crippen LogP contribution in [0.15, 0.2) is 10.6 Å². The molecule has 0 aliphatic heterocycles. The van der Waals surface area contributed by atoms with Crippen molar-refractivity contribution in [3.05, 3.63) is 28.8 Å². The summed E-state index contributed by atoms with van der Waals surface area (Å²) in [4.78, 5) is 12.4. The molecule has 2 heterocycles. The van der Waals surface area contributed by atoms with E-state index in [2.05, 4.69) is 41.4 Å². The lowest BCUT2D eigenvalue weighted by Crippen LogP contribution is -2.15. The number of amides is 1. The standard InChI is InChI=1S/C15H22N4O2/c1-8(2)13-12(9(3)19-21-13)14(20)16-11-7-10(17-18-11)15(4,5)6/h7-8H,1-6H3,(H2,16,17,18,20). The molecule has 2 aromatic rings. The highest BCUT2D eigenvalue weighted by atomic mass is 16.5. The Balaban J connectivity index is 2.23. The Kier molecular flexibility index (Phi) is 3.89. The van der Waals surface area contributed by atoms with E-state index in [1.165, 1.54) is 0 Å². The lowest BCUT2D eigenvalue weighted by Gasteiger charge is -2.14. The number of aromatic nitrogens is 3. The van der Waals surface area contributed by atoms with Crippen molar-refractivity contribution in [2.24, 2.45) is 0 Å². The van der Waals surface area contributed by atoms with Gasteiger partial charge in [-0.05, 0) is 6.92 Å². The summed E-state index contributed by atoms with van der Waals surface area (Å²) in [6.45, 7) is 11.9. The zero-order chi connectivity index (χ0) is 15.8. The second kappa shape index (κ2) is 5.35. The molecule has 21 heavy (non-hydrogen) atoms. The fraction of sp³-hybridized carbons (Fsp3) is 0.533. The van der Waals surface area contributed by atoms with E-state index in [1.54, 1.807) is 6.92 Å². The van der Waals surface area contributed by atoms with E-state index in [-0.39, 0.29) is 17.2 Å². The minimum Gasteiger partial charge on any atom is -0.360 e. The van der Waals surface area contributed by atoms with E-state index in [0.717, 1.165) is 5.69 Å². The Morgan fingerprint density at radius 3 is 2.57 bits per heavy atom. The molecule has 114 valence electrons. The van der Waals surface area contributed by atoms with Crippen LogP contribution in [0.5, 0.6) is 0 Å². The maximum Gasteiger partial charge on any atom is 0.262 e. The van der Waals surface area contributed by atoms with Crippen molar-refractivity contribution >= 4 is 11.7 Å². The summed E-state index contributed by atoms with van der Waals surface area (Å²) in [7, 11) is 0. The van der Waals surface area contributed by atoms with E-state index in [4.69, 9.17) is 4.52 Å². The minimum absolute atomic E-state index is 0.0494. The van der Waals surface area contributed by atoms with E-state index in [1.807, 2.05) is 19.9 Å². The number of nitrogens with zero attached hydrogens (tertiary/aromatic N) is 2. The van der Waals surface area contributed by atoms with Crippen LogP contribution in [0.4, 0.5) is 5.82 Å². The molecule has 0 spiro atoms. The predicted molar refractivity (Wildman–Crippen MR) is 80.6 cm³/mol. The summed E-state index contributed by atoms with van der Waals surface area (Å²) in [5, 5.41) is 13.7. The first kappa shape index (κ1) is 15.3. The molecule has 0 fully saturated rings. The van der Waals surface area contributed by atoms with Gasteiger partial charge in [0.05, 0.1) is 5.69 Å². The number of rotatable bonds is 3. The lowest BCUT2D eigenvalue weighted by atomic mass is 9.92. The van der Waals surface area contributed by atoms with E-state index in [9.17, 15) is 4.79 Å². The molecule has 2 rings (SSSR count). The zero-order valence-corrected chi connectivity index (χ0v) is 13.4. The molecule has 0 aliphatic rings. The van der Waals surface area contributed by atoms with Gasteiger partial charge >= 0.3 is 0 Å². The van der Waals surface area contributed by atoms with Crippen molar-refractivity contribution in [2.45, 2.75) is 52.9 Å². The summed E-state index contributed by atoms with van der Waals surface area (Å²) in [6, 6.07) is 1.84. The highest BCUT2D eigenvalue weighted by Crippen LogP contribution is 2.25. The van der Waals surface area contributed by atoms with E-state index < -0.39 is 0 Å². The van der Waals surface area contributed by atoms with Gasteiger partial charge in [0.15, 0.2) is 11.6 Å². The molecule has 6 heteroatoms. The van der Waals surface area contributed by atoms with Gasteiger partial charge in [-0.3, -0.25) is 9.89 Å². The summed E-state index contributed by atoms with van der Waals surface area (Å²) in [6.07, 6.45) is 0. The Labute approximate surface area is 124 Å². The number of H-pyrrole nitrogens is 1. The van der Waals surface area contributed by atoms with Gasteiger partial charge in [-0.1, -0.05) is 39.8 Å². The first-order chi connectivity index (χ1) is 9.70. The van der Waals surface area contributed by atoms with Crippen LogP contribution in [-0.2, 0) is 5.41 Å². The van der Waals surface area contributed by atoms with E-state index >= 15 is 0 Å². The average Bonchev–Trinajstić information content (AvgIpc) is 2.94. The quantitative estimate of drug-likeness (QED) is 0.907. The largest absolute Gasteiger partial charge is 0.360 e. The third kappa shape index (κ3) is 3.15. The summed E-state index contributed by atoms with van der Waals surface area (Å²) in [5.41, 5.74) is 1.99. The Hall–Kier alpha value is -2.11. The normalized spacial score (nSPS) is 12.0. The molecular weight excluding hydrogens is 268 g/mol. The van der Waals surface area contributed by atoms with Gasteiger partial charge in [0, 0.05) is 23.1 Å². The fourth-order valence-corrected chi connectivity index (χ4v) is 2.01. The van der Waals surface area contributed by atoms with Crippen LogP contribution in [0, 0.1) is 6.92 Å². The molecule has 0 radical (unpaired) electrons. The first-order valence-electron chi connectivity index (χ1n) is 7.03. The molecule has 0 aliphatic carbocycles. The summed E-state index contributed by atoms with van der Waals surface area (Å²) < 4.78 is 5.24. The van der Waals surface area contributed by atoms with Gasteiger partial charge in [-0.25, -0.2) is 0 Å². The minimum atomic E-state index is -0.246. The van der Waals surface area contributed by atoms with Gasteiger partial charge in [-0.15, -0.1) is 0 Å². The molecule has 0 bridgehead atoms. The topological polar surface area (TPSA) is 83.8 Å². The molecule has 0 unspecified atom stereocenters. The number of hydrogen-bond donors (Lipinski definition) is 2. The molecule has 0 saturated heterocycles. The number of carbonyl (C=O) groups excluding carboxylic acids is 1. The third-order valence-corrected chi connectivity index (χ3v) is 3.27. The molecule has 0 aromatic carbocycles. The highest BCUT2D eigenvalue weighted by molar-refractivity contribution is 6.05.